The van der Waals surface area contributed by atoms with Crippen LogP contribution in [0.1, 0.15) is 43.6 Å². The Balaban J connectivity index is 1.56. The van der Waals surface area contributed by atoms with Crippen molar-refractivity contribution in [3.05, 3.63) is 64.4 Å². The van der Waals surface area contributed by atoms with E-state index in [9.17, 15) is 4.79 Å². The van der Waals surface area contributed by atoms with E-state index in [0.29, 0.717) is 28.5 Å². The minimum Gasteiger partial charge on any atom is -0.486 e. The number of anilines is 1. The second kappa shape index (κ2) is 10.7. The molecule has 0 fully saturated rings. The van der Waals surface area contributed by atoms with Crippen LogP contribution in [0.5, 0.6) is 5.75 Å². The molecule has 0 radical (unpaired) electrons. The first-order valence-corrected chi connectivity index (χ1v) is 11.6. The van der Waals surface area contributed by atoms with Gasteiger partial charge in [-0.25, -0.2) is 0 Å². The zero-order valence-electron chi connectivity index (χ0n) is 18.2. The van der Waals surface area contributed by atoms with E-state index in [0.717, 1.165) is 17.0 Å². The summed E-state index contributed by atoms with van der Waals surface area (Å²) in [6.45, 7) is 9.21. The molecule has 0 saturated carbocycles. The Hall–Kier alpha value is -2.51. The van der Waals surface area contributed by atoms with E-state index in [1.165, 1.54) is 17.3 Å². The molecule has 8 heteroatoms. The van der Waals surface area contributed by atoms with Crippen LogP contribution in [0.25, 0.3) is 0 Å². The van der Waals surface area contributed by atoms with Gasteiger partial charge in [-0.2, -0.15) is 0 Å². The average Bonchev–Trinajstić information content (AvgIpc) is 3.15. The molecule has 0 bridgehead atoms. The fraction of sp³-hybridized carbons (Fsp3) is 0.348. The third-order valence-electron chi connectivity index (χ3n) is 4.80. The Kier molecular flexibility index (Phi) is 7.98. The maximum absolute atomic E-state index is 12.4. The van der Waals surface area contributed by atoms with Crippen molar-refractivity contribution in [2.45, 2.75) is 51.9 Å². The van der Waals surface area contributed by atoms with Crippen molar-refractivity contribution in [2.24, 2.45) is 0 Å². The summed E-state index contributed by atoms with van der Waals surface area (Å²) in [7, 11) is 0. The summed E-state index contributed by atoms with van der Waals surface area (Å²) in [6, 6.07) is 13.5. The summed E-state index contributed by atoms with van der Waals surface area (Å²) >= 11 is 7.42. The number of halogens is 1. The van der Waals surface area contributed by atoms with E-state index in [2.05, 4.69) is 29.4 Å². The number of aryl methyl sites for hydroxylation is 1. The molecule has 1 aromatic heterocycles. The Labute approximate surface area is 192 Å². The Morgan fingerprint density at radius 2 is 1.94 bits per heavy atom. The predicted octanol–water partition coefficient (Wildman–Crippen LogP) is 5.69. The minimum absolute atomic E-state index is 0.0811. The van der Waals surface area contributed by atoms with Crippen molar-refractivity contribution in [3.8, 4) is 5.75 Å². The first-order valence-electron chi connectivity index (χ1n) is 10.2. The molecule has 0 saturated heterocycles. The molecule has 31 heavy (non-hydrogen) atoms. The van der Waals surface area contributed by atoms with Gasteiger partial charge in [0.2, 0.25) is 5.91 Å². The summed E-state index contributed by atoms with van der Waals surface area (Å²) < 4.78 is 7.80. The van der Waals surface area contributed by atoms with Crippen molar-refractivity contribution >= 4 is 35.0 Å². The third-order valence-corrected chi connectivity index (χ3v) is 6.19. The lowest BCUT2D eigenvalue weighted by Crippen LogP contribution is -2.15. The molecule has 2 aromatic carbocycles. The summed E-state index contributed by atoms with van der Waals surface area (Å²) in [6.07, 6.45) is 0. The SMILES string of the molecule is CCn1c(COc2ccc(Cl)c(C)c2)nnc1SCC(=O)Nc1ccc(C(C)C)cc1. The quantitative estimate of drug-likeness (QED) is 0.417. The molecule has 3 rings (SSSR count). The van der Waals surface area contributed by atoms with Gasteiger partial charge >= 0.3 is 0 Å². The topological polar surface area (TPSA) is 69.0 Å². The number of amides is 1. The van der Waals surface area contributed by atoms with Gasteiger partial charge < -0.3 is 14.6 Å². The van der Waals surface area contributed by atoms with E-state index in [1.807, 2.05) is 60.9 Å². The van der Waals surface area contributed by atoms with Crippen molar-refractivity contribution in [1.82, 2.24) is 14.8 Å². The molecule has 1 heterocycles. The van der Waals surface area contributed by atoms with Crippen molar-refractivity contribution < 1.29 is 9.53 Å². The molecule has 1 amide bonds. The zero-order chi connectivity index (χ0) is 22.4. The Morgan fingerprint density at radius 1 is 1.19 bits per heavy atom. The van der Waals surface area contributed by atoms with Gasteiger partial charge in [-0.15, -0.1) is 10.2 Å². The van der Waals surface area contributed by atoms with Crippen LogP contribution in [0.2, 0.25) is 5.02 Å². The molecule has 0 atom stereocenters. The van der Waals surface area contributed by atoms with Gasteiger partial charge in [-0.1, -0.05) is 49.3 Å². The van der Waals surface area contributed by atoms with Gasteiger partial charge in [-0.3, -0.25) is 4.79 Å². The second-order valence-corrected chi connectivity index (χ2v) is 8.81. The molecule has 1 N–H and O–H groups in total. The second-order valence-electron chi connectivity index (χ2n) is 7.46. The Bertz CT molecular complexity index is 1030. The van der Waals surface area contributed by atoms with Crippen LogP contribution in [0.4, 0.5) is 5.69 Å². The van der Waals surface area contributed by atoms with Crippen LogP contribution in [0, 0.1) is 6.92 Å². The lowest BCUT2D eigenvalue weighted by atomic mass is 10.0. The molecule has 0 unspecified atom stereocenters. The lowest BCUT2D eigenvalue weighted by Gasteiger charge is -2.10. The standard InChI is InChI=1S/C23H27ClN4O2S/c1-5-28-21(13-30-19-10-11-20(24)16(4)12-19)26-27-23(28)31-14-22(29)25-18-8-6-17(7-9-18)15(2)3/h6-12,15H,5,13-14H2,1-4H3,(H,25,29). The maximum Gasteiger partial charge on any atom is 0.234 e. The van der Waals surface area contributed by atoms with Gasteiger partial charge in [0.15, 0.2) is 11.0 Å². The number of thioether (sulfide) groups is 1. The lowest BCUT2D eigenvalue weighted by molar-refractivity contribution is -0.113. The van der Waals surface area contributed by atoms with Gasteiger partial charge in [-0.05, 0) is 61.2 Å². The highest BCUT2D eigenvalue weighted by molar-refractivity contribution is 7.99. The van der Waals surface area contributed by atoms with Crippen LogP contribution < -0.4 is 10.1 Å². The first kappa shape index (κ1) is 23.2. The van der Waals surface area contributed by atoms with Crippen LogP contribution in [0.3, 0.4) is 0 Å². The summed E-state index contributed by atoms with van der Waals surface area (Å²) in [5.74, 6) is 2.07. The fourth-order valence-electron chi connectivity index (χ4n) is 2.98. The number of carbonyl (C=O) groups is 1. The third kappa shape index (κ3) is 6.24. The number of aromatic nitrogens is 3. The molecule has 3 aromatic rings. The smallest absolute Gasteiger partial charge is 0.234 e. The molecule has 0 aliphatic rings. The van der Waals surface area contributed by atoms with Crippen LogP contribution in [-0.4, -0.2) is 26.4 Å². The molecular weight excluding hydrogens is 432 g/mol. The van der Waals surface area contributed by atoms with Crippen molar-refractivity contribution in [2.75, 3.05) is 11.1 Å². The number of hydrogen-bond acceptors (Lipinski definition) is 5. The highest BCUT2D eigenvalue weighted by Gasteiger charge is 2.14. The number of hydrogen-bond donors (Lipinski definition) is 1. The average molecular weight is 459 g/mol. The van der Waals surface area contributed by atoms with E-state index < -0.39 is 0 Å². The minimum atomic E-state index is -0.0811. The van der Waals surface area contributed by atoms with E-state index >= 15 is 0 Å². The van der Waals surface area contributed by atoms with E-state index in [-0.39, 0.29) is 18.3 Å². The van der Waals surface area contributed by atoms with Crippen molar-refractivity contribution in [1.29, 1.82) is 0 Å². The summed E-state index contributed by atoms with van der Waals surface area (Å²) in [5.41, 5.74) is 2.99. The van der Waals surface area contributed by atoms with E-state index in [1.54, 1.807) is 0 Å². The molecular formula is C23H27ClN4O2S. The normalized spacial score (nSPS) is 11.0. The summed E-state index contributed by atoms with van der Waals surface area (Å²) in [5, 5.41) is 12.8. The maximum atomic E-state index is 12.4. The molecule has 164 valence electrons. The Morgan fingerprint density at radius 3 is 2.58 bits per heavy atom. The monoisotopic (exact) mass is 458 g/mol. The van der Waals surface area contributed by atoms with Crippen LogP contribution in [0.15, 0.2) is 47.6 Å². The number of ether oxygens (including phenoxy) is 1. The van der Waals surface area contributed by atoms with Crippen LogP contribution >= 0.6 is 23.4 Å². The number of benzene rings is 2. The van der Waals surface area contributed by atoms with Gasteiger partial charge in [0.05, 0.1) is 5.75 Å². The van der Waals surface area contributed by atoms with Gasteiger partial charge in [0, 0.05) is 17.3 Å². The largest absolute Gasteiger partial charge is 0.486 e. The molecule has 6 nitrogen and oxygen atoms in total. The van der Waals surface area contributed by atoms with Crippen molar-refractivity contribution in [3.63, 3.8) is 0 Å². The number of rotatable bonds is 9. The fourth-order valence-corrected chi connectivity index (χ4v) is 3.92. The molecule has 0 aliphatic carbocycles. The van der Waals surface area contributed by atoms with Gasteiger partial charge in [0.25, 0.3) is 0 Å². The summed E-state index contributed by atoms with van der Waals surface area (Å²) in [4.78, 5) is 12.4. The number of nitrogens with one attached hydrogen (secondary N) is 1. The molecule has 0 aliphatic heterocycles. The number of carbonyl (C=O) groups excluding carboxylic acids is 1. The number of nitrogens with zero attached hydrogens (tertiary/aromatic N) is 3. The van der Waals surface area contributed by atoms with Crippen LogP contribution in [-0.2, 0) is 17.9 Å². The van der Waals surface area contributed by atoms with E-state index in [4.69, 9.17) is 16.3 Å². The highest BCUT2D eigenvalue weighted by atomic mass is 35.5. The first-order chi connectivity index (χ1) is 14.9. The van der Waals surface area contributed by atoms with Gasteiger partial charge in [0.1, 0.15) is 12.4 Å². The molecule has 0 spiro atoms. The zero-order valence-corrected chi connectivity index (χ0v) is 19.8. The highest BCUT2D eigenvalue weighted by Crippen LogP contribution is 2.23. The predicted molar refractivity (Wildman–Crippen MR) is 126 cm³/mol.